The molecule has 0 radical (unpaired) electrons. The van der Waals surface area contributed by atoms with Crippen molar-refractivity contribution in [2.24, 2.45) is 0 Å². The maximum absolute atomic E-state index is 14.1. The van der Waals surface area contributed by atoms with Gasteiger partial charge in [-0.3, -0.25) is 4.79 Å². The highest BCUT2D eigenvalue weighted by atomic mass is 79.9. The van der Waals surface area contributed by atoms with Gasteiger partial charge in [-0.25, -0.2) is 4.39 Å². The van der Waals surface area contributed by atoms with E-state index in [2.05, 4.69) is 26.2 Å². The standard InChI is InChI=1S/C18H22BrFN2O3/c1-24-8-9-25-12-4-2-11(3-5-12)22-18(23)14-10-15(19)16(20)17-13(14)6-7-21-17/h6-7,10-12,21H,2-5,8-9H2,1H3,(H,22,23)/t11-,12-. The number of carbonyl (C=O) groups excluding carboxylic acids is 1. The van der Waals surface area contributed by atoms with Crippen LogP contribution < -0.4 is 5.32 Å². The van der Waals surface area contributed by atoms with Crippen molar-refractivity contribution in [3.8, 4) is 0 Å². The second kappa shape index (κ2) is 8.29. The average molecular weight is 413 g/mol. The van der Waals surface area contributed by atoms with Crippen LogP contribution in [0.2, 0.25) is 0 Å². The van der Waals surface area contributed by atoms with Gasteiger partial charge in [0, 0.05) is 24.7 Å². The number of hydrogen-bond donors (Lipinski definition) is 2. The highest BCUT2D eigenvalue weighted by Crippen LogP contribution is 2.28. The SMILES string of the molecule is COCCO[C@H]1CC[C@H](NC(=O)c2cc(Br)c(F)c3[nH]ccc23)CC1. The van der Waals surface area contributed by atoms with Gasteiger partial charge in [0.05, 0.1) is 34.9 Å². The number of carbonyl (C=O) groups is 1. The summed E-state index contributed by atoms with van der Waals surface area (Å²) in [5.41, 5.74) is 0.817. The topological polar surface area (TPSA) is 63.4 Å². The number of fused-ring (bicyclic) bond motifs is 1. The summed E-state index contributed by atoms with van der Waals surface area (Å²) in [6.45, 7) is 1.20. The number of aromatic nitrogens is 1. The van der Waals surface area contributed by atoms with Crippen molar-refractivity contribution < 1.29 is 18.7 Å². The number of methoxy groups -OCH3 is 1. The van der Waals surface area contributed by atoms with Gasteiger partial charge < -0.3 is 19.8 Å². The summed E-state index contributed by atoms with van der Waals surface area (Å²) in [4.78, 5) is 15.5. The quantitative estimate of drug-likeness (QED) is 0.709. The van der Waals surface area contributed by atoms with E-state index in [9.17, 15) is 9.18 Å². The van der Waals surface area contributed by atoms with E-state index < -0.39 is 0 Å². The fraction of sp³-hybridized carbons (Fsp3) is 0.500. The Balaban J connectivity index is 1.61. The van der Waals surface area contributed by atoms with Crippen molar-refractivity contribution in [2.75, 3.05) is 20.3 Å². The molecule has 1 saturated carbocycles. The van der Waals surface area contributed by atoms with Gasteiger partial charge in [-0.05, 0) is 53.7 Å². The first kappa shape index (κ1) is 18.4. The summed E-state index contributed by atoms with van der Waals surface area (Å²) in [6.07, 6.45) is 5.46. The van der Waals surface area contributed by atoms with Crippen LogP contribution in [0, 0.1) is 5.82 Å². The molecule has 0 aliphatic heterocycles. The Kier molecular flexibility index (Phi) is 6.09. The normalized spacial score (nSPS) is 20.8. The third-order valence-electron chi connectivity index (χ3n) is 4.63. The van der Waals surface area contributed by atoms with E-state index in [1.165, 1.54) is 0 Å². The molecule has 1 amide bonds. The lowest BCUT2D eigenvalue weighted by atomic mass is 9.92. The summed E-state index contributed by atoms with van der Waals surface area (Å²) in [6, 6.07) is 3.38. The molecule has 0 unspecified atom stereocenters. The maximum atomic E-state index is 14.1. The van der Waals surface area contributed by atoms with Crippen LogP contribution in [0.25, 0.3) is 10.9 Å². The molecular formula is C18H22BrFN2O3. The second-order valence-electron chi connectivity index (χ2n) is 6.30. The van der Waals surface area contributed by atoms with Gasteiger partial charge in [0.1, 0.15) is 0 Å². The van der Waals surface area contributed by atoms with Gasteiger partial charge in [0.2, 0.25) is 0 Å². The Morgan fingerprint density at radius 2 is 2.12 bits per heavy atom. The van der Waals surface area contributed by atoms with E-state index >= 15 is 0 Å². The van der Waals surface area contributed by atoms with Crippen molar-refractivity contribution in [3.05, 3.63) is 34.2 Å². The van der Waals surface area contributed by atoms with E-state index in [1.807, 2.05) is 0 Å². The minimum absolute atomic E-state index is 0.118. The van der Waals surface area contributed by atoms with Crippen molar-refractivity contribution >= 4 is 32.7 Å². The van der Waals surface area contributed by atoms with Gasteiger partial charge in [0.15, 0.2) is 5.82 Å². The predicted molar refractivity (Wildman–Crippen MR) is 97.3 cm³/mol. The fourth-order valence-electron chi connectivity index (χ4n) is 3.29. The molecule has 2 aromatic rings. The third kappa shape index (κ3) is 4.22. The molecule has 136 valence electrons. The van der Waals surface area contributed by atoms with Crippen LogP contribution in [0.5, 0.6) is 0 Å². The highest BCUT2D eigenvalue weighted by molar-refractivity contribution is 9.10. The van der Waals surface area contributed by atoms with Crippen molar-refractivity contribution in [3.63, 3.8) is 0 Å². The van der Waals surface area contributed by atoms with E-state index in [1.54, 1.807) is 25.4 Å². The number of halogens is 2. The Labute approximate surface area is 154 Å². The Morgan fingerprint density at radius 3 is 2.84 bits per heavy atom. The van der Waals surface area contributed by atoms with Gasteiger partial charge in [-0.15, -0.1) is 0 Å². The third-order valence-corrected chi connectivity index (χ3v) is 5.21. The number of aromatic amines is 1. The number of ether oxygens (including phenoxy) is 2. The first-order valence-corrected chi connectivity index (χ1v) is 9.26. The molecule has 1 aromatic carbocycles. The zero-order valence-electron chi connectivity index (χ0n) is 14.1. The molecule has 0 spiro atoms. The number of H-pyrrole nitrogens is 1. The van der Waals surface area contributed by atoms with Crippen LogP contribution in [0.15, 0.2) is 22.8 Å². The summed E-state index contributed by atoms with van der Waals surface area (Å²) >= 11 is 3.18. The Morgan fingerprint density at radius 1 is 1.36 bits per heavy atom. The largest absolute Gasteiger partial charge is 0.382 e. The summed E-state index contributed by atoms with van der Waals surface area (Å²) in [7, 11) is 1.66. The lowest BCUT2D eigenvalue weighted by molar-refractivity contribution is -0.00408. The molecular weight excluding hydrogens is 391 g/mol. The number of amides is 1. The zero-order chi connectivity index (χ0) is 17.8. The van der Waals surface area contributed by atoms with Crippen LogP contribution in [0.4, 0.5) is 4.39 Å². The Hall–Kier alpha value is -1.44. The molecule has 1 aliphatic rings. The first-order valence-electron chi connectivity index (χ1n) is 8.46. The monoisotopic (exact) mass is 412 g/mol. The molecule has 5 nitrogen and oxygen atoms in total. The lowest BCUT2D eigenvalue weighted by Gasteiger charge is -2.29. The molecule has 25 heavy (non-hydrogen) atoms. The lowest BCUT2D eigenvalue weighted by Crippen LogP contribution is -2.39. The Bertz CT molecular complexity index is 741. The van der Waals surface area contributed by atoms with Crippen molar-refractivity contribution in [2.45, 2.75) is 37.8 Å². The van der Waals surface area contributed by atoms with Gasteiger partial charge in [-0.1, -0.05) is 0 Å². The molecule has 0 atom stereocenters. The molecule has 1 aliphatic carbocycles. The minimum atomic E-state index is -0.384. The smallest absolute Gasteiger partial charge is 0.252 e. The van der Waals surface area contributed by atoms with E-state index in [0.717, 1.165) is 25.7 Å². The van der Waals surface area contributed by atoms with E-state index in [0.29, 0.717) is 29.7 Å². The number of benzene rings is 1. The van der Waals surface area contributed by atoms with Gasteiger partial charge in [-0.2, -0.15) is 0 Å². The van der Waals surface area contributed by atoms with Gasteiger partial charge in [0.25, 0.3) is 5.91 Å². The van der Waals surface area contributed by atoms with E-state index in [4.69, 9.17) is 9.47 Å². The average Bonchev–Trinajstić information content (AvgIpc) is 3.10. The number of nitrogens with one attached hydrogen (secondary N) is 2. The molecule has 0 saturated heterocycles. The van der Waals surface area contributed by atoms with Crippen molar-refractivity contribution in [1.29, 1.82) is 0 Å². The number of hydrogen-bond acceptors (Lipinski definition) is 3. The highest BCUT2D eigenvalue weighted by Gasteiger charge is 2.24. The van der Waals surface area contributed by atoms with Crippen LogP contribution in [0.1, 0.15) is 36.0 Å². The molecule has 0 bridgehead atoms. The van der Waals surface area contributed by atoms with Crippen LogP contribution >= 0.6 is 15.9 Å². The van der Waals surface area contributed by atoms with Crippen LogP contribution in [-0.4, -0.2) is 43.4 Å². The predicted octanol–water partition coefficient (Wildman–Crippen LogP) is 3.77. The van der Waals surface area contributed by atoms with Gasteiger partial charge >= 0.3 is 0 Å². The zero-order valence-corrected chi connectivity index (χ0v) is 15.7. The van der Waals surface area contributed by atoms with Crippen LogP contribution in [-0.2, 0) is 9.47 Å². The van der Waals surface area contributed by atoms with Crippen molar-refractivity contribution in [1.82, 2.24) is 10.3 Å². The number of rotatable bonds is 6. The summed E-state index contributed by atoms with van der Waals surface area (Å²) < 4.78 is 25.1. The molecule has 7 heteroatoms. The molecule has 1 heterocycles. The fourth-order valence-corrected chi connectivity index (χ4v) is 3.71. The maximum Gasteiger partial charge on any atom is 0.252 e. The molecule has 1 fully saturated rings. The first-order chi connectivity index (χ1) is 12.1. The molecule has 3 rings (SSSR count). The van der Waals surface area contributed by atoms with Crippen LogP contribution in [0.3, 0.4) is 0 Å². The van der Waals surface area contributed by atoms with E-state index in [-0.39, 0.29) is 28.3 Å². The summed E-state index contributed by atoms with van der Waals surface area (Å²) in [5.74, 6) is -0.556. The summed E-state index contributed by atoms with van der Waals surface area (Å²) in [5, 5.41) is 3.67. The second-order valence-corrected chi connectivity index (χ2v) is 7.15. The molecule has 1 aromatic heterocycles. The minimum Gasteiger partial charge on any atom is -0.382 e. The molecule has 2 N–H and O–H groups in total.